The Morgan fingerprint density at radius 1 is 1.47 bits per heavy atom. The summed E-state index contributed by atoms with van der Waals surface area (Å²) in [7, 11) is 0. The number of aromatic nitrogens is 2. The minimum atomic E-state index is -1.09. The monoisotopic (exact) mass is 209 g/mol. The van der Waals surface area contributed by atoms with Gasteiger partial charge in [0.2, 0.25) is 0 Å². The maximum absolute atomic E-state index is 11.4. The summed E-state index contributed by atoms with van der Waals surface area (Å²) < 4.78 is 0. The predicted octanol–water partition coefficient (Wildman–Crippen LogP) is -0.0121. The number of rotatable bonds is 3. The van der Waals surface area contributed by atoms with Crippen molar-refractivity contribution in [1.82, 2.24) is 15.3 Å². The molecule has 6 heteroatoms. The zero-order valence-corrected chi connectivity index (χ0v) is 8.39. The number of aliphatic carboxylic acids is 1. The topological polar surface area (TPSA) is 92.2 Å². The average Bonchev–Trinajstić information content (AvgIpc) is 2.17. The molecule has 2 N–H and O–H groups in total. The van der Waals surface area contributed by atoms with E-state index in [-0.39, 0.29) is 5.69 Å². The van der Waals surface area contributed by atoms with E-state index in [1.54, 1.807) is 6.92 Å². The Hall–Kier alpha value is -1.98. The van der Waals surface area contributed by atoms with Crippen LogP contribution >= 0.6 is 0 Å². The summed E-state index contributed by atoms with van der Waals surface area (Å²) in [6, 6.07) is 0.553. The van der Waals surface area contributed by atoms with Crippen molar-refractivity contribution in [1.29, 1.82) is 0 Å². The van der Waals surface area contributed by atoms with E-state index >= 15 is 0 Å². The molecule has 0 spiro atoms. The molecule has 1 aromatic heterocycles. The Bertz CT molecular complexity index is 392. The normalized spacial score (nSPS) is 11.9. The van der Waals surface area contributed by atoms with Crippen LogP contribution in [0, 0.1) is 6.92 Å². The molecule has 1 aromatic rings. The molecule has 0 fully saturated rings. The number of carbonyl (C=O) groups is 2. The minimum Gasteiger partial charge on any atom is -0.480 e. The third kappa shape index (κ3) is 3.01. The molecule has 0 aliphatic carbocycles. The van der Waals surface area contributed by atoms with Crippen LogP contribution in [0.15, 0.2) is 12.4 Å². The number of nitrogens with one attached hydrogen (secondary N) is 1. The maximum Gasteiger partial charge on any atom is 0.325 e. The largest absolute Gasteiger partial charge is 0.480 e. The zero-order valence-electron chi connectivity index (χ0n) is 8.39. The fourth-order valence-electron chi connectivity index (χ4n) is 0.911. The summed E-state index contributed by atoms with van der Waals surface area (Å²) in [6.45, 7) is 3.10. The first-order chi connectivity index (χ1) is 7.00. The van der Waals surface area contributed by atoms with Crippen LogP contribution in [0.5, 0.6) is 0 Å². The van der Waals surface area contributed by atoms with Gasteiger partial charge in [0.1, 0.15) is 18.1 Å². The molecule has 1 amide bonds. The van der Waals surface area contributed by atoms with E-state index in [9.17, 15) is 9.59 Å². The maximum atomic E-state index is 11.4. The van der Waals surface area contributed by atoms with Crippen LogP contribution in [-0.4, -0.2) is 33.0 Å². The van der Waals surface area contributed by atoms with Crippen LogP contribution in [-0.2, 0) is 4.79 Å². The van der Waals surface area contributed by atoms with Gasteiger partial charge in [-0.15, -0.1) is 0 Å². The number of amides is 1. The van der Waals surface area contributed by atoms with Crippen molar-refractivity contribution in [2.24, 2.45) is 0 Å². The number of aryl methyl sites for hydroxylation is 1. The van der Waals surface area contributed by atoms with Crippen LogP contribution in [0.4, 0.5) is 0 Å². The summed E-state index contributed by atoms with van der Waals surface area (Å²) in [5.74, 6) is -1.61. The van der Waals surface area contributed by atoms with Gasteiger partial charge < -0.3 is 10.4 Å². The standard InChI is InChI=1S/C9H11N3O3/c1-5-3-7(11-4-10-5)8(13)12-6(2)9(14)15/h3-4,6H,1-2H3,(H,12,13)(H,14,15)/t6-/m1/s1. The van der Waals surface area contributed by atoms with Crippen molar-refractivity contribution in [3.05, 3.63) is 23.8 Å². The second-order valence-electron chi connectivity index (χ2n) is 3.08. The van der Waals surface area contributed by atoms with E-state index in [0.717, 1.165) is 0 Å². The Balaban J connectivity index is 2.73. The fourth-order valence-corrected chi connectivity index (χ4v) is 0.911. The van der Waals surface area contributed by atoms with Gasteiger partial charge >= 0.3 is 5.97 Å². The van der Waals surface area contributed by atoms with Crippen molar-refractivity contribution in [2.75, 3.05) is 0 Å². The second kappa shape index (κ2) is 4.50. The van der Waals surface area contributed by atoms with Crippen molar-refractivity contribution in [2.45, 2.75) is 19.9 Å². The number of carboxylic acids is 1. The van der Waals surface area contributed by atoms with Gasteiger partial charge in [-0.25, -0.2) is 9.97 Å². The molecule has 0 saturated heterocycles. The molecule has 0 radical (unpaired) electrons. The summed E-state index contributed by atoms with van der Waals surface area (Å²) in [5, 5.41) is 10.9. The highest BCUT2D eigenvalue weighted by Gasteiger charge is 2.15. The molecule has 0 aliphatic rings. The Labute approximate surface area is 86.4 Å². The smallest absolute Gasteiger partial charge is 0.325 e. The number of carboxylic acid groups (broad SMARTS) is 1. The van der Waals surface area contributed by atoms with E-state index in [1.165, 1.54) is 19.3 Å². The summed E-state index contributed by atoms with van der Waals surface area (Å²) in [6.07, 6.45) is 1.26. The van der Waals surface area contributed by atoms with Crippen molar-refractivity contribution < 1.29 is 14.7 Å². The molecule has 15 heavy (non-hydrogen) atoms. The number of hydrogen-bond acceptors (Lipinski definition) is 4. The molecule has 1 heterocycles. The van der Waals surface area contributed by atoms with E-state index in [1.807, 2.05) is 0 Å². The predicted molar refractivity (Wildman–Crippen MR) is 51.3 cm³/mol. The van der Waals surface area contributed by atoms with Crippen LogP contribution in [0.1, 0.15) is 23.1 Å². The number of hydrogen-bond donors (Lipinski definition) is 2. The highest BCUT2D eigenvalue weighted by molar-refractivity contribution is 5.94. The number of nitrogens with zero attached hydrogens (tertiary/aromatic N) is 2. The first-order valence-corrected chi connectivity index (χ1v) is 4.33. The first kappa shape index (κ1) is 11.1. The van der Waals surface area contributed by atoms with Gasteiger partial charge in [0.05, 0.1) is 0 Å². The molecule has 0 aromatic carbocycles. The molecule has 0 aliphatic heterocycles. The van der Waals surface area contributed by atoms with E-state index in [0.29, 0.717) is 5.69 Å². The van der Waals surface area contributed by atoms with Gasteiger partial charge in [-0.05, 0) is 19.9 Å². The van der Waals surface area contributed by atoms with Crippen molar-refractivity contribution >= 4 is 11.9 Å². The van der Waals surface area contributed by atoms with Crippen LogP contribution in [0.2, 0.25) is 0 Å². The van der Waals surface area contributed by atoms with Crippen molar-refractivity contribution in [3.63, 3.8) is 0 Å². The quantitative estimate of drug-likeness (QED) is 0.730. The Morgan fingerprint density at radius 3 is 2.67 bits per heavy atom. The summed E-state index contributed by atoms with van der Waals surface area (Å²) in [5.41, 5.74) is 0.814. The third-order valence-corrected chi connectivity index (χ3v) is 1.75. The molecule has 6 nitrogen and oxygen atoms in total. The molecular weight excluding hydrogens is 198 g/mol. The summed E-state index contributed by atoms with van der Waals surface area (Å²) >= 11 is 0. The van der Waals surface area contributed by atoms with Crippen molar-refractivity contribution in [3.8, 4) is 0 Å². The lowest BCUT2D eigenvalue weighted by molar-refractivity contribution is -0.138. The number of carbonyl (C=O) groups excluding carboxylic acids is 1. The van der Waals surface area contributed by atoms with Gasteiger partial charge in [-0.2, -0.15) is 0 Å². The minimum absolute atomic E-state index is 0.163. The average molecular weight is 209 g/mol. The highest BCUT2D eigenvalue weighted by Crippen LogP contribution is 1.97. The van der Waals surface area contributed by atoms with Gasteiger partial charge in [0, 0.05) is 5.69 Å². The SMILES string of the molecule is Cc1cc(C(=O)N[C@H](C)C(=O)O)ncn1. The lowest BCUT2D eigenvalue weighted by Gasteiger charge is -2.08. The van der Waals surface area contributed by atoms with Gasteiger partial charge in [0.15, 0.2) is 0 Å². The fraction of sp³-hybridized carbons (Fsp3) is 0.333. The molecule has 80 valence electrons. The Morgan fingerprint density at radius 2 is 2.13 bits per heavy atom. The Kier molecular flexibility index (Phi) is 3.33. The van der Waals surface area contributed by atoms with E-state index in [4.69, 9.17) is 5.11 Å². The van der Waals surface area contributed by atoms with Gasteiger partial charge in [-0.3, -0.25) is 9.59 Å². The summed E-state index contributed by atoms with van der Waals surface area (Å²) in [4.78, 5) is 29.5. The molecule has 1 atom stereocenters. The van der Waals surface area contributed by atoms with Gasteiger partial charge in [0.25, 0.3) is 5.91 Å². The lowest BCUT2D eigenvalue weighted by atomic mass is 10.3. The third-order valence-electron chi connectivity index (χ3n) is 1.75. The molecule has 0 saturated carbocycles. The van der Waals surface area contributed by atoms with Crippen LogP contribution < -0.4 is 5.32 Å². The van der Waals surface area contributed by atoms with Gasteiger partial charge in [-0.1, -0.05) is 0 Å². The van der Waals surface area contributed by atoms with Crippen LogP contribution in [0.25, 0.3) is 0 Å². The molecular formula is C9H11N3O3. The zero-order chi connectivity index (χ0) is 11.4. The molecule has 1 rings (SSSR count). The lowest BCUT2D eigenvalue weighted by Crippen LogP contribution is -2.38. The van der Waals surface area contributed by atoms with E-state index < -0.39 is 17.9 Å². The molecule has 0 unspecified atom stereocenters. The van der Waals surface area contributed by atoms with E-state index in [2.05, 4.69) is 15.3 Å². The second-order valence-corrected chi connectivity index (χ2v) is 3.08. The first-order valence-electron chi connectivity index (χ1n) is 4.33. The molecule has 0 bridgehead atoms. The van der Waals surface area contributed by atoms with Crippen LogP contribution in [0.3, 0.4) is 0 Å². The highest BCUT2D eigenvalue weighted by atomic mass is 16.4.